The third-order valence-corrected chi connectivity index (χ3v) is 9.20. The largest absolute Gasteiger partial charge is 0.459 e. The number of hydrogen-bond donors (Lipinski definition) is 4. The van der Waals surface area contributed by atoms with Crippen LogP contribution in [0.3, 0.4) is 0 Å². The molecule has 0 radical (unpaired) electrons. The summed E-state index contributed by atoms with van der Waals surface area (Å²) < 4.78 is 24.4. The molecule has 2 aliphatic rings. The number of cyclic esters (lactones) is 1. The Morgan fingerprint density at radius 1 is 1.05 bits per heavy atom. The van der Waals surface area contributed by atoms with Crippen LogP contribution in [0.15, 0.2) is 0 Å². The van der Waals surface area contributed by atoms with E-state index < -0.39 is 83.4 Å². The van der Waals surface area contributed by atoms with Crippen LogP contribution in [0.5, 0.6) is 0 Å². The quantitative estimate of drug-likeness (QED) is 0.252. The van der Waals surface area contributed by atoms with Crippen LogP contribution >= 0.6 is 0 Å². The normalized spacial score (nSPS) is 44.3. The fourth-order valence-electron chi connectivity index (χ4n) is 6.54. The van der Waals surface area contributed by atoms with E-state index in [0.29, 0.717) is 6.42 Å². The van der Waals surface area contributed by atoms with E-state index in [2.05, 4.69) is 5.32 Å². The number of aliphatic hydroxyl groups excluding tert-OH is 2. The summed E-state index contributed by atoms with van der Waals surface area (Å²) in [6.07, 6.45) is -5.27. The van der Waals surface area contributed by atoms with Gasteiger partial charge in [0.05, 0.1) is 23.9 Å². The highest BCUT2D eigenvalue weighted by Gasteiger charge is 2.51. The van der Waals surface area contributed by atoms with Gasteiger partial charge in [-0.1, -0.05) is 20.8 Å². The van der Waals surface area contributed by atoms with Crippen LogP contribution in [0.4, 0.5) is 0 Å². The smallest absolute Gasteiger partial charge is 0.316 e. The number of carbonyl (C=O) groups is 3. The zero-order chi connectivity index (χ0) is 33.0. The van der Waals surface area contributed by atoms with E-state index in [0.717, 1.165) is 0 Å². The molecule has 0 aromatic rings. The van der Waals surface area contributed by atoms with Crippen molar-refractivity contribution in [2.24, 2.45) is 17.8 Å². The number of esters is 1. The topological polar surface area (TPSA) is 164 Å². The number of rotatable bonds is 6. The lowest BCUT2D eigenvalue weighted by Crippen LogP contribution is -2.60. The summed E-state index contributed by atoms with van der Waals surface area (Å²) in [6.45, 7) is 15.0. The summed E-state index contributed by atoms with van der Waals surface area (Å²) >= 11 is 0. The second-order valence-electron chi connectivity index (χ2n) is 13.2. The van der Waals surface area contributed by atoms with E-state index in [1.807, 2.05) is 25.9 Å². The Balaban J connectivity index is 2.64. The first-order valence-electron chi connectivity index (χ1n) is 15.6. The van der Waals surface area contributed by atoms with Crippen molar-refractivity contribution in [3.8, 4) is 0 Å². The van der Waals surface area contributed by atoms with Gasteiger partial charge in [-0.15, -0.1) is 0 Å². The fraction of sp³-hybridized carbons (Fsp3) is 0.903. The Labute approximate surface area is 256 Å². The van der Waals surface area contributed by atoms with Crippen molar-refractivity contribution in [1.82, 2.24) is 10.2 Å². The number of nitrogens with zero attached hydrogens (tertiary/aromatic N) is 1. The molecule has 250 valence electrons. The van der Waals surface area contributed by atoms with Gasteiger partial charge in [0.1, 0.15) is 29.8 Å². The molecule has 2 saturated heterocycles. The van der Waals surface area contributed by atoms with Crippen LogP contribution < -0.4 is 5.32 Å². The maximum absolute atomic E-state index is 13.9. The lowest BCUT2D eigenvalue weighted by Gasteiger charge is -2.47. The third-order valence-electron chi connectivity index (χ3n) is 9.20. The van der Waals surface area contributed by atoms with Crippen molar-refractivity contribution in [3.63, 3.8) is 0 Å². The average Bonchev–Trinajstić information content (AvgIpc) is 2.93. The lowest BCUT2D eigenvalue weighted by atomic mass is 9.78. The zero-order valence-electron chi connectivity index (χ0n) is 27.8. The van der Waals surface area contributed by atoms with Gasteiger partial charge in [-0.3, -0.25) is 14.4 Å². The molecule has 0 bridgehead atoms. The molecular weight excluding hydrogens is 560 g/mol. The molecular formula is C31H56N2O10. The van der Waals surface area contributed by atoms with E-state index in [1.165, 1.54) is 13.8 Å². The Kier molecular flexibility index (Phi) is 13.2. The van der Waals surface area contributed by atoms with Gasteiger partial charge in [0.25, 0.3) is 0 Å². The van der Waals surface area contributed by atoms with Crippen LogP contribution in [0, 0.1) is 17.8 Å². The van der Waals surface area contributed by atoms with E-state index in [4.69, 9.17) is 18.9 Å². The van der Waals surface area contributed by atoms with Gasteiger partial charge in [-0.2, -0.15) is 0 Å². The molecule has 1 amide bonds. The number of amides is 1. The van der Waals surface area contributed by atoms with Gasteiger partial charge in [0.2, 0.25) is 5.91 Å². The predicted octanol–water partition coefficient (Wildman–Crippen LogP) is 1.41. The highest BCUT2D eigenvalue weighted by molar-refractivity contribution is 6.00. The molecule has 0 unspecified atom stereocenters. The molecule has 0 aromatic heterocycles. The molecule has 43 heavy (non-hydrogen) atoms. The zero-order valence-corrected chi connectivity index (χ0v) is 27.8. The SMILES string of the molecule is CCO[C@]1(C)C[C@@H](C)C(=O)N[C@H](C)[C@@H](O)[C@](C)(O)[C@@H](CC)OC(=O)[C@H](C)C(=O)[C@H](C)[C@H]1O[C@@H]1O[C@H](C)C[C@H](N(C)C)[C@H]1O. The second-order valence-corrected chi connectivity index (χ2v) is 13.2. The standard InChI is InChI=1S/C31H56N2O10/c1-12-22-31(9,39)25(36)20(7)32-27(37)16(3)15-30(8,40-13-2)26(18(5)23(34)19(6)28(38)42-22)43-29-24(35)21(33(10)11)14-17(4)41-29/h16-22,24-26,29,35-36,39H,12-15H2,1-11H3,(H,32,37)/t16-,17-,18+,19-,20-,21+,22-,24-,25-,26-,29+,30-,31-/m1/s1. The molecule has 0 saturated carbocycles. The fourth-order valence-corrected chi connectivity index (χ4v) is 6.54. The summed E-state index contributed by atoms with van der Waals surface area (Å²) in [6, 6.07) is -1.17. The number of likely N-dealkylation sites (N-methyl/N-ethyl adjacent to an activating group) is 1. The molecule has 0 aromatic carbocycles. The Bertz CT molecular complexity index is 961. The maximum atomic E-state index is 13.9. The minimum Gasteiger partial charge on any atom is -0.459 e. The summed E-state index contributed by atoms with van der Waals surface area (Å²) in [5.41, 5.74) is -3.17. The molecule has 12 heteroatoms. The first-order chi connectivity index (χ1) is 19.8. The molecule has 2 aliphatic heterocycles. The molecule has 13 atom stereocenters. The minimum absolute atomic E-state index is 0.0973. The predicted molar refractivity (Wildman–Crippen MR) is 159 cm³/mol. The third kappa shape index (κ3) is 8.53. The van der Waals surface area contributed by atoms with Crippen LogP contribution in [-0.2, 0) is 33.3 Å². The van der Waals surface area contributed by atoms with Crippen molar-refractivity contribution in [3.05, 3.63) is 0 Å². The van der Waals surface area contributed by atoms with Crippen LogP contribution in [0.2, 0.25) is 0 Å². The number of aliphatic hydroxyl groups is 3. The molecule has 2 fully saturated rings. The highest BCUT2D eigenvalue weighted by Crippen LogP contribution is 2.37. The summed E-state index contributed by atoms with van der Waals surface area (Å²) in [5, 5.41) is 36.3. The van der Waals surface area contributed by atoms with Gasteiger partial charge in [0, 0.05) is 24.5 Å². The first kappa shape index (κ1) is 37.5. The molecule has 2 heterocycles. The Morgan fingerprint density at radius 3 is 2.19 bits per heavy atom. The molecule has 12 nitrogen and oxygen atoms in total. The Morgan fingerprint density at radius 2 is 1.65 bits per heavy atom. The molecule has 0 spiro atoms. The number of hydrogen-bond acceptors (Lipinski definition) is 11. The summed E-state index contributed by atoms with van der Waals surface area (Å²) in [7, 11) is 3.71. The Hall–Kier alpha value is -1.67. The average molecular weight is 617 g/mol. The van der Waals surface area contributed by atoms with E-state index >= 15 is 0 Å². The molecule has 2 rings (SSSR count). The number of ketones is 1. The van der Waals surface area contributed by atoms with Crippen molar-refractivity contribution in [1.29, 1.82) is 0 Å². The number of Topliss-reactive ketones (excluding diaryl/α,β-unsaturated/α-hetero) is 1. The van der Waals surface area contributed by atoms with Crippen LogP contribution in [0.1, 0.15) is 81.6 Å². The second kappa shape index (κ2) is 15.1. The lowest BCUT2D eigenvalue weighted by molar-refractivity contribution is -0.297. The van der Waals surface area contributed by atoms with Crippen LogP contribution in [-0.4, -0.2) is 119 Å². The number of nitrogens with one attached hydrogen (secondary N) is 1. The monoisotopic (exact) mass is 616 g/mol. The highest BCUT2D eigenvalue weighted by atomic mass is 16.7. The van der Waals surface area contributed by atoms with Crippen molar-refractivity contribution >= 4 is 17.7 Å². The number of ether oxygens (including phenoxy) is 4. The summed E-state index contributed by atoms with van der Waals surface area (Å²) in [4.78, 5) is 42.5. The van der Waals surface area contributed by atoms with Gasteiger partial charge in [0.15, 0.2) is 12.1 Å². The van der Waals surface area contributed by atoms with Crippen molar-refractivity contribution in [2.75, 3.05) is 20.7 Å². The van der Waals surface area contributed by atoms with Crippen LogP contribution in [0.25, 0.3) is 0 Å². The van der Waals surface area contributed by atoms with Crippen molar-refractivity contribution in [2.45, 2.75) is 142 Å². The van der Waals surface area contributed by atoms with E-state index in [-0.39, 0.29) is 31.6 Å². The van der Waals surface area contributed by atoms with Gasteiger partial charge in [-0.05, 0) is 74.9 Å². The molecule has 4 N–H and O–H groups in total. The van der Waals surface area contributed by atoms with Gasteiger partial charge in [-0.25, -0.2) is 0 Å². The maximum Gasteiger partial charge on any atom is 0.316 e. The number of carbonyl (C=O) groups excluding carboxylic acids is 3. The molecule has 0 aliphatic carbocycles. The van der Waals surface area contributed by atoms with E-state index in [9.17, 15) is 29.7 Å². The van der Waals surface area contributed by atoms with Gasteiger partial charge < -0.3 is 44.5 Å². The summed E-state index contributed by atoms with van der Waals surface area (Å²) in [5.74, 6) is -4.66. The van der Waals surface area contributed by atoms with E-state index in [1.54, 1.807) is 41.5 Å². The van der Waals surface area contributed by atoms with Crippen molar-refractivity contribution < 1.29 is 48.7 Å². The minimum atomic E-state index is -1.92. The van der Waals surface area contributed by atoms with Gasteiger partial charge >= 0.3 is 5.97 Å². The first-order valence-corrected chi connectivity index (χ1v) is 15.6.